The normalized spacial score (nSPS) is 18.2. The van der Waals surface area contributed by atoms with Crippen molar-refractivity contribution in [3.05, 3.63) is 39.9 Å². The van der Waals surface area contributed by atoms with Gasteiger partial charge in [-0.25, -0.2) is 0 Å². The van der Waals surface area contributed by atoms with Gasteiger partial charge in [0.2, 0.25) is 5.91 Å². The van der Waals surface area contributed by atoms with Gasteiger partial charge in [-0.2, -0.15) is 0 Å². The average Bonchev–Trinajstić information content (AvgIpc) is 2.39. The number of halogens is 1. The molecule has 0 saturated carbocycles. The number of nitro benzene ring substituents is 1. The van der Waals surface area contributed by atoms with E-state index < -0.39 is 4.92 Å². The van der Waals surface area contributed by atoms with E-state index in [4.69, 9.17) is 5.73 Å². The summed E-state index contributed by atoms with van der Waals surface area (Å²) in [7, 11) is 0. The van der Waals surface area contributed by atoms with E-state index in [0.29, 0.717) is 6.54 Å². The van der Waals surface area contributed by atoms with Crippen molar-refractivity contribution in [2.24, 2.45) is 5.73 Å². The van der Waals surface area contributed by atoms with Gasteiger partial charge in [-0.15, -0.1) is 12.4 Å². The number of likely N-dealkylation sites (tertiary alicyclic amines) is 1. The second-order valence-electron chi connectivity index (χ2n) is 4.84. The van der Waals surface area contributed by atoms with Gasteiger partial charge in [0.15, 0.2) is 0 Å². The summed E-state index contributed by atoms with van der Waals surface area (Å²) < 4.78 is 0. The van der Waals surface area contributed by atoms with Gasteiger partial charge in [-0.3, -0.25) is 14.9 Å². The Morgan fingerprint density at radius 3 is 2.60 bits per heavy atom. The van der Waals surface area contributed by atoms with Crippen LogP contribution in [-0.4, -0.2) is 34.9 Å². The molecular formula is C13H18ClN3O3. The zero-order valence-electron chi connectivity index (χ0n) is 11.0. The standard InChI is InChI=1S/C13H17N3O3.ClH/c14-11-2-1-7-15(9-11)13(17)8-10-3-5-12(6-4-10)16(18)19;/h3-6,11H,1-2,7-9,14H2;1H/t11-;/m1./s1. The molecule has 2 N–H and O–H groups in total. The van der Waals surface area contributed by atoms with Crippen LogP contribution in [0.4, 0.5) is 5.69 Å². The molecule has 0 unspecified atom stereocenters. The molecule has 1 fully saturated rings. The van der Waals surface area contributed by atoms with Crippen molar-refractivity contribution in [3.63, 3.8) is 0 Å². The molecule has 0 aliphatic carbocycles. The quantitative estimate of drug-likeness (QED) is 0.676. The first-order valence-electron chi connectivity index (χ1n) is 6.33. The molecule has 0 spiro atoms. The van der Waals surface area contributed by atoms with Crippen LogP contribution in [0.15, 0.2) is 24.3 Å². The predicted octanol–water partition coefficient (Wildman–Crippen LogP) is 1.51. The molecule has 1 amide bonds. The second kappa shape index (κ2) is 7.21. The Kier molecular flexibility index (Phi) is 5.91. The summed E-state index contributed by atoms with van der Waals surface area (Å²) in [4.78, 5) is 23.9. The van der Waals surface area contributed by atoms with E-state index >= 15 is 0 Å². The Balaban J connectivity index is 0.00000200. The molecule has 6 nitrogen and oxygen atoms in total. The number of hydrogen-bond acceptors (Lipinski definition) is 4. The highest BCUT2D eigenvalue weighted by Gasteiger charge is 2.21. The van der Waals surface area contributed by atoms with Crippen LogP contribution in [0.3, 0.4) is 0 Å². The number of benzene rings is 1. The zero-order valence-corrected chi connectivity index (χ0v) is 11.8. The van der Waals surface area contributed by atoms with Crippen molar-refractivity contribution in [1.82, 2.24) is 4.90 Å². The van der Waals surface area contributed by atoms with Crippen molar-refractivity contribution >= 4 is 24.0 Å². The van der Waals surface area contributed by atoms with Gasteiger partial charge in [0.1, 0.15) is 0 Å². The number of nitrogens with two attached hydrogens (primary N) is 1. The summed E-state index contributed by atoms with van der Waals surface area (Å²) in [6.45, 7) is 1.35. The third-order valence-corrected chi connectivity index (χ3v) is 3.31. The smallest absolute Gasteiger partial charge is 0.269 e. The minimum absolute atomic E-state index is 0. The van der Waals surface area contributed by atoms with Gasteiger partial charge in [0, 0.05) is 31.3 Å². The Hall–Kier alpha value is -1.66. The van der Waals surface area contributed by atoms with Gasteiger partial charge < -0.3 is 10.6 Å². The highest BCUT2D eigenvalue weighted by atomic mass is 35.5. The average molecular weight is 300 g/mol. The van der Waals surface area contributed by atoms with E-state index in [-0.39, 0.29) is 36.5 Å². The topological polar surface area (TPSA) is 89.5 Å². The summed E-state index contributed by atoms with van der Waals surface area (Å²) in [5.41, 5.74) is 6.67. The summed E-state index contributed by atoms with van der Waals surface area (Å²) in [6.07, 6.45) is 2.17. The van der Waals surface area contributed by atoms with E-state index in [1.54, 1.807) is 17.0 Å². The molecule has 0 radical (unpaired) electrons. The maximum absolute atomic E-state index is 12.1. The van der Waals surface area contributed by atoms with E-state index in [1.165, 1.54) is 12.1 Å². The first-order chi connectivity index (χ1) is 9.06. The molecule has 0 bridgehead atoms. The van der Waals surface area contributed by atoms with Crippen molar-refractivity contribution in [1.29, 1.82) is 0 Å². The van der Waals surface area contributed by atoms with Gasteiger partial charge in [0.25, 0.3) is 5.69 Å². The lowest BCUT2D eigenvalue weighted by Crippen LogP contribution is -2.46. The lowest BCUT2D eigenvalue weighted by atomic mass is 10.0. The molecule has 20 heavy (non-hydrogen) atoms. The van der Waals surface area contributed by atoms with Crippen LogP contribution in [0, 0.1) is 10.1 Å². The number of hydrogen-bond donors (Lipinski definition) is 1. The molecule has 110 valence electrons. The summed E-state index contributed by atoms with van der Waals surface area (Å²) in [5.74, 6) is 0.0315. The summed E-state index contributed by atoms with van der Waals surface area (Å²) in [5, 5.41) is 10.5. The lowest BCUT2D eigenvalue weighted by molar-refractivity contribution is -0.384. The Morgan fingerprint density at radius 2 is 2.05 bits per heavy atom. The minimum Gasteiger partial charge on any atom is -0.341 e. The molecular weight excluding hydrogens is 282 g/mol. The van der Waals surface area contributed by atoms with Crippen LogP contribution < -0.4 is 5.73 Å². The molecule has 1 aliphatic heterocycles. The number of carbonyl (C=O) groups is 1. The number of rotatable bonds is 3. The highest BCUT2D eigenvalue weighted by molar-refractivity contribution is 5.85. The second-order valence-corrected chi connectivity index (χ2v) is 4.84. The molecule has 2 rings (SSSR count). The van der Waals surface area contributed by atoms with Crippen LogP contribution in [0.1, 0.15) is 18.4 Å². The van der Waals surface area contributed by atoms with E-state index in [0.717, 1.165) is 24.9 Å². The fourth-order valence-electron chi connectivity index (χ4n) is 2.26. The summed E-state index contributed by atoms with van der Waals surface area (Å²) in [6, 6.07) is 6.16. The first-order valence-corrected chi connectivity index (χ1v) is 6.33. The highest BCUT2D eigenvalue weighted by Crippen LogP contribution is 2.14. The number of amides is 1. The third kappa shape index (κ3) is 4.18. The number of nitro groups is 1. The molecule has 1 aromatic carbocycles. The van der Waals surface area contributed by atoms with Gasteiger partial charge in [-0.1, -0.05) is 12.1 Å². The molecule has 1 aliphatic rings. The lowest BCUT2D eigenvalue weighted by Gasteiger charge is -2.30. The van der Waals surface area contributed by atoms with Crippen LogP contribution in [0.2, 0.25) is 0 Å². The zero-order chi connectivity index (χ0) is 13.8. The van der Waals surface area contributed by atoms with Crippen LogP contribution in [-0.2, 0) is 11.2 Å². The molecule has 0 aromatic heterocycles. The van der Waals surface area contributed by atoms with Gasteiger partial charge in [-0.05, 0) is 18.4 Å². The summed E-state index contributed by atoms with van der Waals surface area (Å²) >= 11 is 0. The van der Waals surface area contributed by atoms with Crippen molar-refractivity contribution < 1.29 is 9.72 Å². The van der Waals surface area contributed by atoms with Crippen molar-refractivity contribution in [3.8, 4) is 0 Å². The molecule has 7 heteroatoms. The van der Waals surface area contributed by atoms with Crippen LogP contribution >= 0.6 is 12.4 Å². The van der Waals surface area contributed by atoms with Gasteiger partial charge in [0.05, 0.1) is 11.3 Å². The van der Waals surface area contributed by atoms with Crippen LogP contribution in [0.5, 0.6) is 0 Å². The monoisotopic (exact) mass is 299 g/mol. The third-order valence-electron chi connectivity index (χ3n) is 3.31. The fourth-order valence-corrected chi connectivity index (χ4v) is 2.26. The van der Waals surface area contributed by atoms with Crippen molar-refractivity contribution in [2.45, 2.75) is 25.3 Å². The Labute approximate surface area is 123 Å². The Morgan fingerprint density at radius 1 is 1.40 bits per heavy atom. The first kappa shape index (κ1) is 16.4. The molecule has 1 saturated heterocycles. The van der Waals surface area contributed by atoms with E-state index in [2.05, 4.69) is 0 Å². The predicted molar refractivity (Wildman–Crippen MR) is 77.8 cm³/mol. The van der Waals surface area contributed by atoms with E-state index in [1.807, 2.05) is 0 Å². The minimum atomic E-state index is -0.449. The van der Waals surface area contributed by atoms with E-state index in [9.17, 15) is 14.9 Å². The SMILES string of the molecule is Cl.N[C@@H]1CCCN(C(=O)Cc2ccc([N+](=O)[O-])cc2)C1. The molecule has 1 aromatic rings. The number of non-ortho nitro benzene ring substituents is 1. The molecule has 1 atom stereocenters. The maximum Gasteiger partial charge on any atom is 0.269 e. The van der Waals surface area contributed by atoms with Crippen molar-refractivity contribution in [2.75, 3.05) is 13.1 Å². The largest absolute Gasteiger partial charge is 0.341 e. The van der Waals surface area contributed by atoms with Gasteiger partial charge >= 0.3 is 0 Å². The maximum atomic E-state index is 12.1. The Bertz CT molecular complexity index is 478. The molecule has 1 heterocycles. The number of carbonyl (C=O) groups excluding carboxylic acids is 1. The fraction of sp³-hybridized carbons (Fsp3) is 0.462. The number of nitrogens with zero attached hydrogens (tertiary/aromatic N) is 2. The van der Waals surface area contributed by atoms with Crippen LogP contribution in [0.25, 0.3) is 0 Å². The number of piperidine rings is 1.